The number of rotatable bonds is 6. The van der Waals surface area contributed by atoms with Crippen molar-refractivity contribution in [1.29, 1.82) is 0 Å². The number of aryl methyl sites for hydroxylation is 2. The molecule has 1 N–H and O–H groups in total. The van der Waals surface area contributed by atoms with Crippen LogP contribution in [0.15, 0.2) is 42.5 Å². The molecule has 0 unspecified atom stereocenters. The summed E-state index contributed by atoms with van der Waals surface area (Å²) >= 11 is 0. The van der Waals surface area contributed by atoms with Gasteiger partial charge in [-0.2, -0.15) is 0 Å². The molecule has 0 aliphatic carbocycles. The molecule has 2 aromatic carbocycles. The van der Waals surface area contributed by atoms with Gasteiger partial charge in [-0.25, -0.2) is 4.39 Å². The Balaban J connectivity index is 1.96. The molecule has 0 bridgehead atoms. The lowest BCUT2D eigenvalue weighted by atomic mass is 10.1. The number of carbonyl (C=O) groups is 2. The first-order valence-electron chi connectivity index (χ1n) is 8.27. The summed E-state index contributed by atoms with van der Waals surface area (Å²) in [7, 11) is 0. The molecule has 2 aromatic rings. The monoisotopic (exact) mass is 342 g/mol. The number of hydrogen-bond donors (Lipinski definition) is 1. The van der Waals surface area contributed by atoms with Gasteiger partial charge in [-0.05, 0) is 50.6 Å². The summed E-state index contributed by atoms with van der Waals surface area (Å²) in [6.07, 6.45) is 0. The normalized spacial score (nSPS) is 10.4. The minimum absolute atomic E-state index is 0.0104. The van der Waals surface area contributed by atoms with Gasteiger partial charge in [-0.15, -0.1) is 0 Å². The minimum atomic E-state index is -0.314. The maximum Gasteiger partial charge on any atom is 0.254 e. The van der Waals surface area contributed by atoms with Gasteiger partial charge in [0.1, 0.15) is 5.82 Å². The van der Waals surface area contributed by atoms with E-state index in [1.54, 1.807) is 12.1 Å². The van der Waals surface area contributed by atoms with Crippen LogP contribution in [0.3, 0.4) is 0 Å². The zero-order chi connectivity index (χ0) is 18.4. The van der Waals surface area contributed by atoms with Gasteiger partial charge in [0.05, 0.1) is 6.54 Å². The van der Waals surface area contributed by atoms with Crippen LogP contribution in [-0.2, 0) is 11.3 Å². The standard InChI is InChI=1S/C20H23FN2O2/c1-4-23(20(25)17-10-14(2)9-15(3)11-17)13-19(24)22-12-16-5-7-18(21)8-6-16/h5-11H,4,12-13H2,1-3H3,(H,22,24). The summed E-state index contributed by atoms with van der Waals surface area (Å²) in [6.45, 7) is 6.45. The Kier molecular flexibility index (Phi) is 6.28. The number of hydrogen-bond acceptors (Lipinski definition) is 2. The fraction of sp³-hybridized carbons (Fsp3) is 0.300. The van der Waals surface area contributed by atoms with Gasteiger partial charge in [-0.1, -0.05) is 29.3 Å². The Morgan fingerprint density at radius 1 is 1.04 bits per heavy atom. The predicted octanol–water partition coefficient (Wildman–Crippen LogP) is 3.22. The van der Waals surface area contributed by atoms with Crippen LogP contribution in [0.5, 0.6) is 0 Å². The van der Waals surface area contributed by atoms with Crippen LogP contribution in [0.25, 0.3) is 0 Å². The highest BCUT2D eigenvalue weighted by Gasteiger charge is 2.17. The number of nitrogens with zero attached hydrogens (tertiary/aromatic N) is 1. The zero-order valence-corrected chi connectivity index (χ0v) is 14.8. The molecule has 0 saturated heterocycles. The fourth-order valence-corrected chi connectivity index (χ4v) is 2.64. The SMILES string of the molecule is CCN(CC(=O)NCc1ccc(F)cc1)C(=O)c1cc(C)cc(C)c1. The largest absolute Gasteiger partial charge is 0.350 e. The summed E-state index contributed by atoms with van der Waals surface area (Å²) in [5.74, 6) is -0.721. The van der Waals surface area contributed by atoms with Crippen molar-refractivity contribution in [2.45, 2.75) is 27.3 Å². The van der Waals surface area contributed by atoms with Gasteiger partial charge in [0, 0.05) is 18.7 Å². The Hall–Kier alpha value is -2.69. The Morgan fingerprint density at radius 3 is 2.20 bits per heavy atom. The maximum atomic E-state index is 12.9. The molecule has 2 amide bonds. The van der Waals surface area contributed by atoms with Crippen molar-refractivity contribution in [3.05, 3.63) is 70.5 Å². The smallest absolute Gasteiger partial charge is 0.254 e. The highest BCUT2D eigenvalue weighted by molar-refractivity contribution is 5.96. The number of amides is 2. The van der Waals surface area contributed by atoms with Crippen LogP contribution in [0.1, 0.15) is 34.0 Å². The fourth-order valence-electron chi connectivity index (χ4n) is 2.64. The third kappa shape index (κ3) is 5.41. The van der Waals surface area contributed by atoms with Crippen LogP contribution >= 0.6 is 0 Å². The molecule has 0 heterocycles. The van der Waals surface area contributed by atoms with Gasteiger partial charge in [0.25, 0.3) is 5.91 Å². The van der Waals surface area contributed by atoms with Gasteiger partial charge < -0.3 is 10.2 Å². The van der Waals surface area contributed by atoms with E-state index in [0.717, 1.165) is 16.7 Å². The second-order valence-corrected chi connectivity index (χ2v) is 6.10. The van der Waals surface area contributed by atoms with Crippen molar-refractivity contribution >= 4 is 11.8 Å². The Bertz CT molecular complexity index is 737. The Labute approximate surface area is 147 Å². The highest BCUT2D eigenvalue weighted by Crippen LogP contribution is 2.11. The highest BCUT2D eigenvalue weighted by atomic mass is 19.1. The molecule has 0 spiro atoms. The molecule has 2 rings (SSSR count). The van der Waals surface area contributed by atoms with Crippen LogP contribution in [0.4, 0.5) is 4.39 Å². The third-order valence-electron chi connectivity index (χ3n) is 3.87. The van der Waals surface area contributed by atoms with E-state index < -0.39 is 0 Å². The molecule has 0 radical (unpaired) electrons. The summed E-state index contributed by atoms with van der Waals surface area (Å²) in [4.78, 5) is 26.3. The Morgan fingerprint density at radius 2 is 1.64 bits per heavy atom. The van der Waals surface area contributed by atoms with E-state index >= 15 is 0 Å². The molecule has 25 heavy (non-hydrogen) atoms. The second-order valence-electron chi connectivity index (χ2n) is 6.10. The number of halogens is 1. The molecule has 0 aromatic heterocycles. The number of carbonyl (C=O) groups excluding carboxylic acids is 2. The van der Waals surface area contributed by atoms with E-state index in [0.29, 0.717) is 18.7 Å². The minimum Gasteiger partial charge on any atom is -0.350 e. The van der Waals surface area contributed by atoms with Gasteiger partial charge in [0.2, 0.25) is 5.91 Å². The van der Waals surface area contributed by atoms with Crippen molar-refractivity contribution < 1.29 is 14.0 Å². The van der Waals surface area contributed by atoms with Crippen LogP contribution < -0.4 is 5.32 Å². The molecule has 0 fully saturated rings. The van der Waals surface area contributed by atoms with Gasteiger partial charge in [-0.3, -0.25) is 9.59 Å². The second kappa shape index (κ2) is 8.42. The molecular formula is C20H23FN2O2. The lowest BCUT2D eigenvalue weighted by Crippen LogP contribution is -2.40. The average Bonchev–Trinajstić information content (AvgIpc) is 2.57. The lowest BCUT2D eigenvalue weighted by molar-refractivity contribution is -0.121. The molecule has 4 nitrogen and oxygen atoms in total. The average molecular weight is 342 g/mol. The van der Waals surface area contributed by atoms with E-state index in [4.69, 9.17) is 0 Å². The third-order valence-corrected chi connectivity index (χ3v) is 3.87. The molecule has 0 atom stereocenters. The van der Waals surface area contributed by atoms with Crippen molar-refractivity contribution in [3.8, 4) is 0 Å². The van der Waals surface area contributed by atoms with E-state index in [2.05, 4.69) is 5.32 Å². The molecule has 132 valence electrons. The van der Waals surface area contributed by atoms with E-state index in [1.165, 1.54) is 17.0 Å². The van der Waals surface area contributed by atoms with Crippen LogP contribution in [0, 0.1) is 19.7 Å². The van der Waals surface area contributed by atoms with Crippen molar-refractivity contribution in [1.82, 2.24) is 10.2 Å². The first kappa shape index (κ1) is 18.6. The van der Waals surface area contributed by atoms with Crippen LogP contribution in [0.2, 0.25) is 0 Å². The van der Waals surface area contributed by atoms with E-state index in [-0.39, 0.29) is 24.2 Å². The lowest BCUT2D eigenvalue weighted by Gasteiger charge is -2.21. The molecule has 5 heteroatoms. The maximum absolute atomic E-state index is 12.9. The van der Waals surface area contributed by atoms with Crippen molar-refractivity contribution in [2.24, 2.45) is 0 Å². The molecular weight excluding hydrogens is 319 g/mol. The molecule has 0 aliphatic heterocycles. The summed E-state index contributed by atoms with van der Waals surface area (Å²) in [5, 5.41) is 2.76. The van der Waals surface area contributed by atoms with E-state index in [1.807, 2.05) is 39.0 Å². The number of nitrogens with one attached hydrogen (secondary N) is 1. The molecule has 0 saturated carbocycles. The molecule has 0 aliphatic rings. The topological polar surface area (TPSA) is 49.4 Å². The summed E-state index contributed by atoms with van der Waals surface area (Å²) in [5.41, 5.74) is 3.42. The number of likely N-dealkylation sites (N-methyl/N-ethyl adjacent to an activating group) is 1. The van der Waals surface area contributed by atoms with Gasteiger partial charge >= 0.3 is 0 Å². The van der Waals surface area contributed by atoms with Crippen molar-refractivity contribution in [2.75, 3.05) is 13.1 Å². The summed E-state index contributed by atoms with van der Waals surface area (Å²) < 4.78 is 12.9. The number of benzene rings is 2. The quantitative estimate of drug-likeness (QED) is 0.876. The first-order chi connectivity index (χ1) is 11.9. The first-order valence-corrected chi connectivity index (χ1v) is 8.27. The predicted molar refractivity (Wildman–Crippen MR) is 95.7 cm³/mol. The zero-order valence-electron chi connectivity index (χ0n) is 14.8. The summed E-state index contributed by atoms with van der Waals surface area (Å²) in [6, 6.07) is 11.6. The van der Waals surface area contributed by atoms with Crippen LogP contribution in [-0.4, -0.2) is 29.8 Å². The van der Waals surface area contributed by atoms with Crippen molar-refractivity contribution in [3.63, 3.8) is 0 Å². The van der Waals surface area contributed by atoms with Gasteiger partial charge in [0.15, 0.2) is 0 Å². The van der Waals surface area contributed by atoms with E-state index in [9.17, 15) is 14.0 Å².